The average molecular weight is 287 g/mol. The van der Waals surface area contributed by atoms with Crippen LogP contribution in [0.1, 0.15) is 44.1 Å². The van der Waals surface area contributed by atoms with Gasteiger partial charge in [0.05, 0.1) is 11.4 Å². The van der Waals surface area contributed by atoms with Crippen LogP contribution in [-0.4, -0.2) is 36.8 Å². The molecule has 1 atom stereocenters. The van der Waals surface area contributed by atoms with Gasteiger partial charge in [-0.15, -0.1) is 0 Å². The lowest BCUT2D eigenvalue weighted by Gasteiger charge is -2.17. The van der Waals surface area contributed by atoms with Gasteiger partial charge in [0, 0.05) is 25.1 Å². The second kappa shape index (κ2) is 7.05. The number of nitrogens with zero attached hydrogens (tertiary/aromatic N) is 2. The molecule has 0 saturated carbocycles. The largest absolute Gasteiger partial charge is 0.309 e. The fourth-order valence-corrected chi connectivity index (χ4v) is 2.88. The van der Waals surface area contributed by atoms with Crippen LogP contribution < -0.4 is 5.32 Å². The van der Waals surface area contributed by atoms with E-state index in [0.29, 0.717) is 6.42 Å². The molecule has 0 fully saturated rings. The van der Waals surface area contributed by atoms with Crippen LogP contribution in [0, 0.1) is 0 Å². The van der Waals surface area contributed by atoms with E-state index in [0.717, 1.165) is 30.8 Å². The Bertz CT molecular complexity index is 494. The standard InChI is InChI=1S/C13H25N3O2S/c1-5-11-10-13(16(3)15-11)12(14-6-2)8-7-9-19(4,17)18/h10,12,14H,5-9H2,1-4H3. The Morgan fingerprint density at radius 2 is 2.11 bits per heavy atom. The van der Waals surface area contributed by atoms with Crippen molar-refractivity contribution in [2.24, 2.45) is 7.05 Å². The predicted molar refractivity (Wildman–Crippen MR) is 77.9 cm³/mol. The second-order valence-corrected chi connectivity index (χ2v) is 7.18. The number of nitrogens with one attached hydrogen (secondary N) is 1. The van der Waals surface area contributed by atoms with Crippen molar-refractivity contribution in [1.82, 2.24) is 15.1 Å². The molecule has 6 heteroatoms. The molecule has 0 spiro atoms. The first kappa shape index (κ1) is 16.2. The summed E-state index contributed by atoms with van der Waals surface area (Å²) < 4.78 is 24.3. The third-order valence-corrected chi connectivity index (χ3v) is 4.17. The van der Waals surface area contributed by atoms with Gasteiger partial charge in [-0.25, -0.2) is 8.42 Å². The fourth-order valence-electron chi connectivity index (χ4n) is 2.19. The van der Waals surface area contributed by atoms with Gasteiger partial charge in [-0.1, -0.05) is 13.8 Å². The van der Waals surface area contributed by atoms with Crippen LogP contribution in [0.3, 0.4) is 0 Å². The average Bonchev–Trinajstić information content (AvgIpc) is 2.68. The van der Waals surface area contributed by atoms with E-state index < -0.39 is 9.84 Å². The molecule has 1 heterocycles. The van der Waals surface area contributed by atoms with Crippen molar-refractivity contribution in [3.8, 4) is 0 Å². The highest BCUT2D eigenvalue weighted by molar-refractivity contribution is 7.90. The molecule has 5 nitrogen and oxygen atoms in total. The molecule has 1 aromatic heterocycles. The van der Waals surface area contributed by atoms with E-state index in [1.54, 1.807) is 0 Å². The third-order valence-electron chi connectivity index (χ3n) is 3.14. The molecule has 1 N–H and O–H groups in total. The molecule has 110 valence electrons. The van der Waals surface area contributed by atoms with Gasteiger partial charge in [0.15, 0.2) is 0 Å². The first-order chi connectivity index (χ1) is 8.87. The van der Waals surface area contributed by atoms with Crippen molar-refractivity contribution in [3.05, 3.63) is 17.5 Å². The number of hydrogen-bond acceptors (Lipinski definition) is 4. The zero-order valence-corrected chi connectivity index (χ0v) is 13.1. The number of aromatic nitrogens is 2. The van der Waals surface area contributed by atoms with Crippen molar-refractivity contribution in [2.45, 2.75) is 39.2 Å². The van der Waals surface area contributed by atoms with E-state index in [2.05, 4.69) is 30.3 Å². The molecule has 0 amide bonds. The summed E-state index contributed by atoms with van der Waals surface area (Å²) in [6.07, 6.45) is 3.68. The molecule has 0 saturated heterocycles. The zero-order chi connectivity index (χ0) is 14.5. The first-order valence-corrected chi connectivity index (χ1v) is 8.87. The molecular weight excluding hydrogens is 262 g/mol. The second-order valence-electron chi connectivity index (χ2n) is 4.92. The molecule has 1 rings (SSSR count). The number of sulfone groups is 1. The summed E-state index contributed by atoms with van der Waals surface area (Å²) in [6.45, 7) is 4.99. The van der Waals surface area contributed by atoms with Crippen LogP contribution in [0.4, 0.5) is 0 Å². The Balaban J connectivity index is 2.73. The van der Waals surface area contributed by atoms with E-state index >= 15 is 0 Å². The van der Waals surface area contributed by atoms with Crippen LogP contribution in [0.25, 0.3) is 0 Å². The SMILES string of the molecule is CCNC(CCCS(C)(=O)=O)c1cc(CC)nn1C. The minimum Gasteiger partial charge on any atom is -0.309 e. The van der Waals surface area contributed by atoms with Gasteiger partial charge in [0.25, 0.3) is 0 Å². The minimum absolute atomic E-state index is 0.171. The minimum atomic E-state index is -2.88. The highest BCUT2D eigenvalue weighted by Gasteiger charge is 2.16. The van der Waals surface area contributed by atoms with Gasteiger partial charge in [0.1, 0.15) is 9.84 Å². The predicted octanol–water partition coefficient (Wildman–Crippen LogP) is 1.46. The van der Waals surface area contributed by atoms with Gasteiger partial charge in [-0.3, -0.25) is 4.68 Å². The first-order valence-electron chi connectivity index (χ1n) is 6.81. The lowest BCUT2D eigenvalue weighted by atomic mass is 10.1. The van der Waals surface area contributed by atoms with E-state index in [-0.39, 0.29) is 11.8 Å². The molecule has 19 heavy (non-hydrogen) atoms. The normalized spacial score (nSPS) is 13.7. The van der Waals surface area contributed by atoms with Gasteiger partial charge >= 0.3 is 0 Å². The van der Waals surface area contributed by atoms with Crippen molar-refractivity contribution in [2.75, 3.05) is 18.6 Å². The Morgan fingerprint density at radius 1 is 1.42 bits per heavy atom. The maximum absolute atomic E-state index is 11.2. The molecular formula is C13H25N3O2S. The molecule has 0 aromatic carbocycles. The van der Waals surface area contributed by atoms with Crippen LogP contribution in [0.2, 0.25) is 0 Å². The van der Waals surface area contributed by atoms with Crippen LogP contribution in [-0.2, 0) is 23.3 Å². The molecule has 1 unspecified atom stereocenters. The summed E-state index contributed by atoms with van der Waals surface area (Å²) >= 11 is 0. The summed E-state index contributed by atoms with van der Waals surface area (Å²) in [4.78, 5) is 0. The molecule has 0 radical (unpaired) electrons. The Morgan fingerprint density at radius 3 is 2.58 bits per heavy atom. The van der Waals surface area contributed by atoms with E-state index in [1.165, 1.54) is 6.26 Å². The van der Waals surface area contributed by atoms with Crippen molar-refractivity contribution in [3.63, 3.8) is 0 Å². The summed E-state index contributed by atoms with van der Waals surface area (Å²) in [5.74, 6) is 0.243. The summed E-state index contributed by atoms with van der Waals surface area (Å²) in [6, 6.07) is 2.28. The highest BCUT2D eigenvalue weighted by Crippen LogP contribution is 2.19. The van der Waals surface area contributed by atoms with Crippen molar-refractivity contribution >= 4 is 9.84 Å². The van der Waals surface area contributed by atoms with Crippen LogP contribution in [0.5, 0.6) is 0 Å². The van der Waals surface area contributed by atoms with Gasteiger partial charge in [-0.05, 0) is 31.9 Å². The Kier molecular flexibility index (Phi) is 6.00. The Hall–Kier alpha value is -0.880. The van der Waals surface area contributed by atoms with E-state index in [1.807, 2.05) is 11.7 Å². The third kappa shape index (κ3) is 5.32. The lowest BCUT2D eigenvalue weighted by molar-refractivity contribution is 0.474. The van der Waals surface area contributed by atoms with Gasteiger partial charge in [0.2, 0.25) is 0 Å². The summed E-state index contributed by atoms with van der Waals surface area (Å²) in [5.41, 5.74) is 2.20. The molecule has 0 bridgehead atoms. The smallest absolute Gasteiger partial charge is 0.147 e. The zero-order valence-electron chi connectivity index (χ0n) is 12.3. The lowest BCUT2D eigenvalue weighted by Crippen LogP contribution is -2.23. The summed E-state index contributed by atoms with van der Waals surface area (Å²) in [7, 11) is -0.937. The van der Waals surface area contributed by atoms with E-state index in [9.17, 15) is 8.42 Å². The maximum atomic E-state index is 11.2. The quantitative estimate of drug-likeness (QED) is 0.786. The summed E-state index contributed by atoms with van der Waals surface area (Å²) in [5, 5.41) is 7.86. The maximum Gasteiger partial charge on any atom is 0.147 e. The van der Waals surface area contributed by atoms with Crippen molar-refractivity contribution < 1.29 is 8.42 Å². The monoisotopic (exact) mass is 287 g/mol. The fraction of sp³-hybridized carbons (Fsp3) is 0.769. The number of aryl methyl sites for hydroxylation is 2. The highest BCUT2D eigenvalue weighted by atomic mass is 32.2. The number of hydrogen-bond donors (Lipinski definition) is 1. The topological polar surface area (TPSA) is 64.0 Å². The van der Waals surface area contributed by atoms with Crippen molar-refractivity contribution in [1.29, 1.82) is 0 Å². The van der Waals surface area contributed by atoms with Crippen LogP contribution >= 0.6 is 0 Å². The Labute approximate surface area is 116 Å². The molecule has 0 aliphatic heterocycles. The molecule has 1 aromatic rings. The van der Waals surface area contributed by atoms with Gasteiger partial charge < -0.3 is 5.32 Å². The van der Waals surface area contributed by atoms with Gasteiger partial charge in [-0.2, -0.15) is 5.10 Å². The van der Waals surface area contributed by atoms with Crippen LogP contribution in [0.15, 0.2) is 6.07 Å². The number of rotatable bonds is 8. The van der Waals surface area contributed by atoms with E-state index in [4.69, 9.17) is 0 Å². The molecule has 0 aliphatic carbocycles. The molecule has 0 aliphatic rings.